The standard InChI is InChI=1S/C27H28N4O4S/c1-18-5-2-7-20(13-18)23-14-21(10-11-29-23)27(32)31-12-4-6-19(15-31)16-35-24-9-3-8-22-17-36(33,34)30-26(28)25(22)24/h2-3,5,7-11,13-14,19H,4,6,12,15-17H2,1H3,(H2,28,30)/t19-/m0/s1. The summed E-state index contributed by atoms with van der Waals surface area (Å²) < 4.78 is 33.6. The molecule has 0 saturated carbocycles. The van der Waals surface area contributed by atoms with E-state index in [1.54, 1.807) is 30.5 Å². The Bertz CT molecular complexity index is 1450. The van der Waals surface area contributed by atoms with Crippen molar-refractivity contribution >= 4 is 21.8 Å². The van der Waals surface area contributed by atoms with Gasteiger partial charge in [0.15, 0.2) is 0 Å². The molecule has 1 fully saturated rings. The first-order valence-corrected chi connectivity index (χ1v) is 13.6. The fourth-order valence-electron chi connectivity index (χ4n) is 4.83. The van der Waals surface area contributed by atoms with Crippen molar-refractivity contribution in [2.75, 3.05) is 19.7 Å². The molecule has 1 saturated heterocycles. The van der Waals surface area contributed by atoms with Gasteiger partial charge in [0.2, 0.25) is 0 Å². The summed E-state index contributed by atoms with van der Waals surface area (Å²) in [4.78, 5) is 19.7. The van der Waals surface area contributed by atoms with E-state index >= 15 is 0 Å². The zero-order valence-corrected chi connectivity index (χ0v) is 20.9. The fourth-order valence-corrected chi connectivity index (χ4v) is 5.92. The first-order chi connectivity index (χ1) is 17.3. The highest BCUT2D eigenvalue weighted by Gasteiger charge is 2.28. The number of carbonyl (C=O) groups excluding carboxylic acids is 1. The summed E-state index contributed by atoms with van der Waals surface area (Å²) in [5.41, 5.74) is 10.6. The largest absolute Gasteiger partial charge is 0.492 e. The number of likely N-dealkylation sites (tertiary alicyclic amines) is 1. The number of nitrogens with zero attached hydrogens (tertiary/aromatic N) is 3. The minimum absolute atomic E-state index is 0.0188. The zero-order chi connectivity index (χ0) is 25.3. The van der Waals surface area contributed by atoms with Crippen molar-refractivity contribution in [2.45, 2.75) is 25.5 Å². The molecule has 2 N–H and O–H groups in total. The van der Waals surface area contributed by atoms with Crippen molar-refractivity contribution in [3.63, 3.8) is 0 Å². The van der Waals surface area contributed by atoms with Crippen LogP contribution >= 0.6 is 0 Å². The number of rotatable bonds is 5. The number of nitrogens with two attached hydrogens (primary N) is 1. The monoisotopic (exact) mass is 504 g/mol. The van der Waals surface area contributed by atoms with Crippen LogP contribution in [0.1, 0.15) is 39.9 Å². The lowest BCUT2D eigenvalue weighted by Crippen LogP contribution is -2.41. The van der Waals surface area contributed by atoms with E-state index in [-0.39, 0.29) is 23.4 Å². The summed E-state index contributed by atoms with van der Waals surface area (Å²) >= 11 is 0. The number of hydrogen-bond acceptors (Lipinski definition) is 6. The van der Waals surface area contributed by atoms with Crippen LogP contribution in [0, 0.1) is 12.8 Å². The average Bonchev–Trinajstić information content (AvgIpc) is 2.86. The van der Waals surface area contributed by atoms with E-state index in [0.29, 0.717) is 42.1 Å². The molecule has 1 atom stereocenters. The molecule has 8 nitrogen and oxygen atoms in total. The Kier molecular flexibility index (Phi) is 6.49. The first kappa shape index (κ1) is 24.0. The molecule has 1 amide bonds. The van der Waals surface area contributed by atoms with Gasteiger partial charge in [-0.15, -0.1) is 4.40 Å². The van der Waals surface area contributed by atoms with Gasteiger partial charge in [0.1, 0.15) is 11.6 Å². The molecular weight excluding hydrogens is 476 g/mol. The van der Waals surface area contributed by atoms with Crippen LogP contribution < -0.4 is 10.5 Å². The number of pyridine rings is 1. The number of ether oxygens (including phenoxy) is 1. The minimum atomic E-state index is -3.61. The molecule has 9 heteroatoms. The van der Waals surface area contributed by atoms with Crippen molar-refractivity contribution in [3.05, 3.63) is 83.0 Å². The molecule has 1 aromatic heterocycles. The molecular formula is C27H28N4O4S. The Morgan fingerprint density at radius 3 is 2.83 bits per heavy atom. The molecule has 0 radical (unpaired) electrons. The van der Waals surface area contributed by atoms with Gasteiger partial charge < -0.3 is 15.4 Å². The van der Waals surface area contributed by atoms with Crippen molar-refractivity contribution in [1.82, 2.24) is 9.88 Å². The highest BCUT2D eigenvalue weighted by molar-refractivity contribution is 7.89. The molecule has 0 aliphatic carbocycles. The Morgan fingerprint density at radius 1 is 1.17 bits per heavy atom. The van der Waals surface area contributed by atoms with Crippen LogP contribution in [0.5, 0.6) is 5.75 Å². The second-order valence-electron chi connectivity index (χ2n) is 9.36. The van der Waals surface area contributed by atoms with E-state index in [2.05, 4.69) is 15.4 Å². The summed E-state index contributed by atoms with van der Waals surface area (Å²) in [5.74, 6) is 0.401. The molecule has 3 aromatic rings. The Balaban J connectivity index is 1.27. The number of amides is 1. The molecule has 5 rings (SSSR count). The predicted molar refractivity (Wildman–Crippen MR) is 138 cm³/mol. The minimum Gasteiger partial charge on any atom is -0.492 e. The third kappa shape index (κ3) is 5.11. The second-order valence-corrected chi connectivity index (χ2v) is 11.0. The fraction of sp³-hybridized carbons (Fsp3) is 0.296. The van der Waals surface area contributed by atoms with Gasteiger partial charge in [-0.1, -0.05) is 35.9 Å². The normalized spacial score (nSPS) is 18.8. The Morgan fingerprint density at radius 2 is 2.00 bits per heavy atom. The summed E-state index contributed by atoms with van der Waals surface area (Å²) in [6.45, 7) is 3.69. The summed E-state index contributed by atoms with van der Waals surface area (Å²) in [7, 11) is -3.61. The molecule has 2 aromatic carbocycles. The van der Waals surface area contributed by atoms with Crippen LogP contribution in [-0.4, -0.2) is 49.7 Å². The summed E-state index contributed by atoms with van der Waals surface area (Å²) in [6.07, 6.45) is 3.49. The SMILES string of the molecule is Cc1cccc(-c2cc(C(=O)N3CCC[C@H](COc4cccc5c4C(N)=NS(=O)(=O)C5)C3)ccn2)c1. The van der Waals surface area contributed by atoms with Gasteiger partial charge in [0, 0.05) is 36.3 Å². The van der Waals surface area contributed by atoms with Crippen LogP contribution in [0.3, 0.4) is 0 Å². The van der Waals surface area contributed by atoms with Crippen LogP contribution in [0.2, 0.25) is 0 Å². The molecule has 0 bridgehead atoms. The summed E-state index contributed by atoms with van der Waals surface area (Å²) in [5, 5.41) is 0. The van der Waals surface area contributed by atoms with E-state index in [1.807, 2.05) is 36.1 Å². The zero-order valence-electron chi connectivity index (χ0n) is 20.1. The topological polar surface area (TPSA) is 115 Å². The molecule has 0 unspecified atom stereocenters. The van der Waals surface area contributed by atoms with Crippen molar-refractivity contribution in [1.29, 1.82) is 0 Å². The van der Waals surface area contributed by atoms with E-state index in [1.165, 1.54) is 0 Å². The van der Waals surface area contributed by atoms with Crippen LogP contribution in [0.15, 0.2) is 65.2 Å². The number of benzene rings is 2. The number of hydrogen-bond donors (Lipinski definition) is 1. The van der Waals surface area contributed by atoms with Crippen molar-refractivity contribution in [2.24, 2.45) is 16.0 Å². The van der Waals surface area contributed by atoms with E-state index < -0.39 is 10.0 Å². The molecule has 186 valence electrons. The third-order valence-electron chi connectivity index (χ3n) is 6.55. The first-order valence-electron chi connectivity index (χ1n) is 11.9. The Labute approximate surface area is 210 Å². The quantitative estimate of drug-likeness (QED) is 0.568. The number of aromatic nitrogens is 1. The summed E-state index contributed by atoms with van der Waals surface area (Å²) in [6, 6.07) is 16.9. The van der Waals surface area contributed by atoms with Crippen molar-refractivity contribution in [3.8, 4) is 17.0 Å². The number of aryl methyl sites for hydroxylation is 1. The molecule has 0 spiro atoms. The van der Waals surface area contributed by atoms with Gasteiger partial charge >= 0.3 is 0 Å². The maximum absolute atomic E-state index is 13.3. The lowest BCUT2D eigenvalue weighted by Gasteiger charge is -2.33. The maximum Gasteiger partial charge on any atom is 0.259 e. The number of carbonyl (C=O) groups is 1. The van der Waals surface area contributed by atoms with Gasteiger partial charge in [0.05, 0.1) is 23.6 Å². The number of amidine groups is 1. The maximum atomic E-state index is 13.3. The van der Waals surface area contributed by atoms with Gasteiger partial charge in [-0.2, -0.15) is 0 Å². The van der Waals surface area contributed by atoms with Gasteiger partial charge in [0.25, 0.3) is 15.9 Å². The number of sulfonamides is 1. The average molecular weight is 505 g/mol. The van der Waals surface area contributed by atoms with E-state index in [4.69, 9.17) is 10.5 Å². The van der Waals surface area contributed by atoms with Gasteiger partial charge in [-0.25, -0.2) is 8.42 Å². The molecule has 2 aliphatic rings. The highest BCUT2D eigenvalue weighted by atomic mass is 32.2. The molecule has 36 heavy (non-hydrogen) atoms. The third-order valence-corrected chi connectivity index (χ3v) is 7.70. The van der Waals surface area contributed by atoms with Crippen LogP contribution in [0.25, 0.3) is 11.3 Å². The van der Waals surface area contributed by atoms with Gasteiger partial charge in [-0.05, 0) is 49.6 Å². The van der Waals surface area contributed by atoms with Crippen LogP contribution in [0.4, 0.5) is 0 Å². The predicted octanol–water partition coefficient (Wildman–Crippen LogP) is 3.54. The van der Waals surface area contributed by atoms with Crippen LogP contribution in [-0.2, 0) is 15.8 Å². The highest BCUT2D eigenvalue weighted by Crippen LogP contribution is 2.29. The lowest BCUT2D eigenvalue weighted by atomic mass is 9.98. The number of piperidine rings is 1. The lowest BCUT2D eigenvalue weighted by molar-refractivity contribution is 0.0633. The smallest absolute Gasteiger partial charge is 0.259 e. The Hall–Kier alpha value is -3.72. The van der Waals surface area contributed by atoms with Gasteiger partial charge in [-0.3, -0.25) is 9.78 Å². The van der Waals surface area contributed by atoms with E-state index in [9.17, 15) is 13.2 Å². The molecule has 3 heterocycles. The number of fused-ring (bicyclic) bond motifs is 1. The van der Waals surface area contributed by atoms with Crippen molar-refractivity contribution < 1.29 is 17.9 Å². The molecule has 2 aliphatic heterocycles. The van der Waals surface area contributed by atoms with E-state index in [0.717, 1.165) is 29.7 Å². The second kappa shape index (κ2) is 9.73.